The van der Waals surface area contributed by atoms with Crippen LogP contribution >= 0.6 is 0 Å². The molecule has 1 atom stereocenters. The lowest BCUT2D eigenvalue weighted by Crippen LogP contribution is -2.32. The molecule has 4 heteroatoms. The van der Waals surface area contributed by atoms with Gasteiger partial charge in [-0.15, -0.1) is 10.2 Å². The Kier molecular flexibility index (Phi) is 3.36. The fourth-order valence-electron chi connectivity index (χ4n) is 2.21. The molecule has 1 aromatic rings. The number of nitrogens with zero attached hydrogens (tertiary/aromatic N) is 3. The molecule has 0 aromatic carbocycles. The molecule has 1 unspecified atom stereocenters. The quantitative estimate of drug-likeness (QED) is 0.816. The molecule has 1 aromatic heterocycles. The summed E-state index contributed by atoms with van der Waals surface area (Å²) in [4.78, 5) is 0. The van der Waals surface area contributed by atoms with E-state index in [1.54, 1.807) is 0 Å². The van der Waals surface area contributed by atoms with Gasteiger partial charge in [0.05, 0.1) is 0 Å². The summed E-state index contributed by atoms with van der Waals surface area (Å²) in [6, 6.07) is 0. The highest BCUT2D eigenvalue weighted by molar-refractivity contribution is 4.92. The van der Waals surface area contributed by atoms with E-state index in [4.69, 9.17) is 0 Å². The van der Waals surface area contributed by atoms with Crippen LogP contribution in [-0.4, -0.2) is 27.9 Å². The van der Waals surface area contributed by atoms with Crippen molar-refractivity contribution >= 4 is 0 Å². The van der Waals surface area contributed by atoms with Crippen molar-refractivity contribution in [3.63, 3.8) is 0 Å². The van der Waals surface area contributed by atoms with Gasteiger partial charge >= 0.3 is 0 Å². The summed E-state index contributed by atoms with van der Waals surface area (Å²) < 4.78 is 2.21. The first-order valence-electron chi connectivity index (χ1n) is 5.86. The maximum atomic E-state index is 4.17. The predicted octanol–water partition coefficient (Wildman–Crippen LogP) is 1.40. The van der Waals surface area contributed by atoms with E-state index in [-0.39, 0.29) is 0 Å². The Hall–Kier alpha value is -0.900. The van der Waals surface area contributed by atoms with Crippen molar-refractivity contribution < 1.29 is 0 Å². The lowest BCUT2D eigenvalue weighted by Gasteiger charge is -2.23. The third-order valence-corrected chi connectivity index (χ3v) is 3.02. The van der Waals surface area contributed by atoms with Gasteiger partial charge < -0.3 is 9.88 Å². The van der Waals surface area contributed by atoms with Crippen LogP contribution in [0.4, 0.5) is 0 Å². The minimum Gasteiger partial charge on any atom is -0.317 e. The number of hydrogen-bond acceptors (Lipinski definition) is 3. The van der Waals surface area contributed by atoms with E-state index in [2.05, 4.69) is 33.9 Å². The van der Waals surface area contributed by atoms with Crippen LogP contribution in [0.1, 0.15) is 38.4 Å². The van der Waals surface area contributed by atoms with E-state index >= 15 is 0 Å². The van der Waals surface area contributed by atoms with Gasteiger partial charge in [0.15, 0.2) is 0 Å². The fraction of sp³-hybridized carbons (Fsp3) is 0.818. The van der Waals surface area contributed by atoms with E-state index in [0.29, 0.717) is 5.92 Å². The Labute approximate surface area is 91.1 Å². The Morgan fingerprint density at radius 2 is 2.47 bits per heavy atom. The monoisotopic (exact) mass is 208 g/mol. The van der Waals surface area contributed by atoms with Crippen molar-refractivity contribution in [3.8, 4) is 0 Å². The third kappa shape index (κ3) is 2.56. The van der Waals surface area contributed by atoms with Crippen LogP contribution < -0.4 is 5.32 Å². The first kappa shape index (κ1) is 10.6. The van der Waals surface area contributed by atoms with Crippen molar-refractivity contribution in [2.45, 2.75) is 39.2 Å². The van der Waals surface area contributed by atoms with Crippen LogP contribution in [-0.2, 0) is 6.54 Å². The topological polar surface area (TPSA) is 42.7 Å². The van der Waals surface area contributed by atoms with Gasteiger partial charge in [-0.1, -0.05) is 13.8 Å². The molecule has 15 heavy (non-hydrogen) atoms. The van der Waals surface area contributed by atoms with Gasteiger partial charge in [-0.05, 0) is 31.8 Å². The Morgan fingerprint density at radius 3 is 3.13 bits per heavy atom. The molecule has 2 rings (SSSR count). The summed E-state index contributed by atoms with van der Waals surface area (Å²) in [6.07, 6.45) is 4.48. The summed E-state index contributed by atoms with van der Waals surface area (Å²) in [5, 5.41) is 11.6. The smallest absolute Gasteiger partial charge is 0.135 e. The number of aromatic nitrogens is 3. The number of rotatable bonds is 3. The summed E-state index contributed by atoms with van der Waals surface area (Å²) in [5.41, 5.74) is 0. The maximum Gasteiger partial charge on any atom is 0.135 e. The zero-order chi connectivity index (χ0) is 10.7. The van der Waals surface area contributed by atoms with Crippen molar-refractivity contribution in [3.05, 3.63) is 12.2 Å². The number of hydrogen-bond donors (Lipinski definition) is 1. The van der Waals surface area contributed by atoms with Crippen LogP contribution in [0.2, 0.25) is 0 Å². The predicted molar refractivity (Wildman–Crippen MR) is 59.7 cm³/mol. The van der Waals surface area contributed by atoms with E-state index in [9.17, 15) is 0 Å². The van der Waals surface area contributed by atoms with Gasteiger partial charge in [0.25, 0.3) is 0 Å². The standard InChI is InChI=1S/C11H20N4/c1-9(2)11-14-13-8-15(11)7-10-4-3-5-12-6-10/h8-10,12H,3-7H2,1-2H3. The Bertz CT molecular complexity index is 299. The van der Waals surface area contributed by atoms with Gasteiger partial charge in [-0.3, -0.25) is 0 Å². The first-order chi connectivity index (χ1) is 7.27. The van der Waals surface area contributed by atoms with Gasteiger partial charge in [-0.25, -0.2) is 0 Å². The third-order valence-electron chi connectivity index (χ3n) is 3.02. The average Bonchev–Trinajstić information content (AvgIpc) is 2.67. The van der Waals surface area contributed by atoms with E-state index in [1.165, 1.54) is 19.4 Å². The SMILES string of the molecule is CC(C)c1nncn1CC1CCCNC1. The van der Waals surface area contributed by atoms with Crippen molar-refractivity contribution in [2.75, 3.05) is 13.1 Å². The highest BCUT2D eigenvalue weighted by Crippen LogP contribution is 2.16. The molecule has 1 aliphatic heterocycles. The molecule has 0 radical (unpaired) electrons. The highest BCUT2D eigenvalue weighted by Gasteiger charge is 2.16. The zero-order valence-electron chi connectivity index (χ0n) is 9.61. The van der Waals surface area contributed by atoms with Crippen LogP contribution in [0.5, 0.6) is 0 Å². The first-order valence-corrected chi connectivity index (χ1v) is 5.86. The minimum atomic E-state index is 0.462. The Morgan fingerprint density at radius 1 is 1.60 bits per heavy atom. The van der Waals surface area contributed by atoms with E-state index < -0.39 is 0 Å². The van der Waals surface area contributed by atoms with Crippen molar-refractivity contribution in [1.82, 2.24) is 20.1 Å². The highest BCUT2D eigenvalue weighted by atomic mass is 15.3. The molecular formula is C11H20N4. The average molecular weight is 208 g/mol. The van der Waals surface area contributed by atoms with Crippen LogP contribution in [0.25, 0.3) is 0 Å². The molecular weight excluding hydrogens is 188 g/mol. The van der Waals surface area contributed by atoms with Crippen LogP contribution in [0, 0.1) is 5.92 Å². The molecule has 0 amide bonds. The minimum absolute atomic E-state index is 0.462. The van der Waals surface area contributed by atoms with Gasteiger partial charge in [-0.2, -0.15) is 0 Å². The van der Waals surface area contributed by atoms with Crippen LogP contribution in [0.15, 0.2) is 6.33 Å². The summed E-state index contributed by atoms with van der Waals surface area (Å²) in [6.45, 7) is 7.71. The molecule has 1 aliphatic rings. The maximum absolute atomic E-state index is 4.17. The molecule has 1 saturated heterocycles. The summed E-state index contributed by atoms with van der Waals surface area (Å²) >= 11 is 0. The second kappa shape index (κ2) is 4.75. The Balaban J connectivity index is 1.99. The second-order valence-corrected chi connectivity index (χ2v) is 4.71. The number of nitrogens with one attached hydrogen (secondary N) is 1. The van der Waals surface area contributed by atoms with Gasteiger partial charge in [0.1, 0.15) is 12.2 Å². The molecule has 2 heterocycles. The van der Waals surface area contributed by atoms with Crippen molar-refractivity contribution in [1.29, 1.82) is 0 Å². The molecule has 4 nitrogen and oxygen atoms in total. The fourth-order valence-corrected chi connectivity index (χ4v) is 2.21. The summed E-state index contributed by atoms with van der Waals surface area (Å²) in [7, 11) is 0. The van der Waals surface area contributed by atoms with Crippen molar-refractivity contribution in [2.24, 2.45) is 5.92 Å². The van der Waals surface area contributed by atoms with Crippen LogP contribution in [0.3, 0.4) is 0 Å². The number of piperidine rings is 1. The largest absolute Gasteiger partial charge is 0.317 e. The molecule has 0 aliphatic carbocycles. The normalized spacial score (nSPS) is 22.2. The van der Waals surface area contributed by atoms with E-state index in [1.807, 2.05) is 6.33 Å². The van der Waals surface area contributed by atoms with Gasteiger partial charge in [0, 0.05) is 12.5 Å². The zero-order valence-corrected chi connectivity index (χ0v) is 9.61. The van der Waals surface area contributed by atoms with Gasteiger partial charge in [0.2, 0.25) is 0 Å². The molecule has 84 valence electrons. The second-order valence-electron chi connectivity index (χ2n) is 4.71. The molecule has 0 spiro atoms. The van der Waals surface area contributed by atoms with E-state index in [0.717, 1.165) is 24.8 Å². The lowest BCUT2D eigenvalue weighted by atomic mass is 9.99. The lowest BCUT2D eigenvalue weighted by molar-refractivity contribution is 0.332. The summed E-state index contributed by atoms with van der Waals surface area (Å²) in [5.74, 6) is 2.32. The molecule has 0 saturated carbocycles. The molecule has 0 bridgehead atoms. The molecule has 1 N–H and O–H groups in total. The molecule has 1 fully saturated rings.